The highest BCUT2D eigenvalue weighted by atomic mass is 32.1. The summed E-state index contributed by atoms with van der Waals surface area (Å²) in [7, 11) is 1.51. The van der Waals surface area contributed by atoms with Gasteiger partial charge in [0.1, 0.15) is 11.3 Å². The maximum atomic E-state index is 14.2. The van der Waals surface area contributed by atoms with E-state index < -0.39 is 17.8 Å². The highest BCUT2D eigenvalue weighted by molar-refractivity contribution is 7.11. The Balaban J connectivity index is 1.51. The van der Waals surface area contributed by atoms with Gasteiger partial charge in [0, 0.05) is 47.4 Å². The minimum atomic E-state index is -4.71. The third-order valence-corrected chi connectivity index (χ3v) is 7.74. The van der Waals surface area contributed by atoms with Crippen LogP contribution in [0.5, 0.6) is 5.75 Å². The number of halogens is 3. The van der Waals surface area contributed by atoms with Crippen LogP contribution in [0.25, 0.3) is 22.6 Å². The summed E-state index contributed by atoms with van der Waals surface area (Å²) in [4.78, 5) is 23.1. The summed E-state index contributed by atoms with van der Waals surface area (Å²) >= 11 is 1.60. The molecule has 1 fully saturated rings. The topological polar surface area (TPSA) is 63.0 Å². The van der Waals surface area contributed by atoms with Crippen LogP contribution in [0.2, 0.25) is 0 Å². The van der Waals surface area contributed by atoms with Gasteiger partial charge in [0.05, 0.1) is 19.0 Å². The van der Waals surface area contributed by atoms with Crippen LogP contribution in [-0.4, -0.2) is 63.1 Å². The van der Waals surface area contributed by atoms with E-state index in [4.69, 9.17) is 4.74 Å². The fourth-order valence-electron chi connectivity index (χ4n) is 4.85. The number of thiophene rings is 1. The van der Waals surface area contributed by atoms with E-state index in [2.05, 4.69) is 21.6 Å². The molecule has 4 heterocycles. The van der Waals surface area contributed by atoms with E-state index in [1.165, 1.54) is 20.2 Å². The smallest absolute Gasteiger partial charge is 0.433 e. The molecular formula is C27H26F3N5O2S. The van der Waals surface area contributed by atoms with Gasteiger partial charge >= 0.3 is 6.18 Å². The van der Waals surface area contributed by atoms with Crippen molar-refractivity contribution in [1.82, 2.24) is 24.4 Å². The van der Waals surface area contributed by atoms with E-state index in [9.17, 15) is 18.0 Å². The van der Waals surface area contributed by atoms with Crippen molar-refractivity contribution in [1.29, 1.82) is 0 Å². The minimum Gasteiger partial charge on any atom is -0.497 e. The number of nitrogens with zero attached hydrogens (tertiary/aromatic N) is 5. The minimum absolute atomic E-state index is 0.0302. The number of benzene rings is 1. The summed E-state index contributed by atoms with van der Waals surface area (Å²) in [6.07, 6.45) is -3.53. The molecule has 0 spiro atoms. The molecule has 1 amide bonds. The molecule has 1 atom stereocenters. The van der Waals surface area contributed by atoms with E-state index in [1.54, 1.807) is 40.5 Å². The summed E-state index contributed by atoms with van der Waals surface area (Å²) < 4.78 is 48.6. The SMILES string of the molecule is C=C(c1cccs1)N1CCN(C(=O)c2cnn3c(C(F)(F)F)c(C)c(-c4ccc(OC)cc4)nc23)[C@H](C)C1. The van der Waals surface area contributed by atoms with Crippen molar-refractivity contribution in [3.8, 4) is 17.0 Å². The van der Waals surface area contributed by atoms with Crippen LogP contribution in [0.4, 0.5) is 13.2 Å². The summed E-state index contributed by atoms with van der Waals surface area (Å²) in [5, 5.41) is 5.95. The molecule has 1 aromatic carbocycles. The predicted octanol–water partition coefficient (Wildman–Crippen LogP) is 5.61. The second-order valence-electron chi connectivity index (χ2n) is 9.17. The summed E-state index contributed by atoms with van der Waals surface area (Å²) in [6, 6.07) is 10.4. The second-order valence-corrected chi connectivity index (χ2v) is 10.1. The van der Waals surface area contributed by atoms with Crippen LogP contribution in [0, 0.1) is 6.92 Å². The molecule has 0 radical (unpaired) electrons. The van der Waals surface area contributed by atoms with Crippen molar-refractivity contribution in [2.24, 2.45) is 0 Å². The molecule has 0 aliphatic carbocycles. The van der Waals surface area contributed by atoms with Gasteiger partial charge in [-0.05, 0) is 49.6 Å². The van der Waals surface area contributed by atoms with Crippen molar-refractivity contribution in [2.75, 3.05) is 26.7 Å². The average Bonchev–Trinajstić information content (AvgIpc) is 3.57. The number of aromatic nitrogens is 3. The number of methoxy groups -OCH3 is 1. The first-order chi connectivity index (χ1) is 18.1. The Bertz CT molecular complexity index is 1500. The third-order valence-electron chi connectivity index (χ3n) is 6.82. The maximum absolute atomic E-state index is 14.2. The van der Waals surface area contributed by atoms with Gasteiger partial charge in [-0.15, -0.1) is 11.3 Å². The first-order valence-electron chi connectivity index (χ1n) is 12.0. The van der Waals surface area contributed by atoms with Crippen molar-refractivity contribution in [3.05, 3.63) is 76.3 Å². The Kier molecular flexibility index (Phi) is 6.64. The molecule has 4 aromatic rings. The lowest BCUT2D eigenvalue weighted by Gasteiger charge is -2.41. The number of piperazine rings is 1. The molecule has 38 heavy (non-hydrogen) atoms. The number of hydrogen-bond donors (Lipinski definition) is 0. The van der Waals surface area contributed by atoms with Crippen molar-refractivity contribution < 1.29 is 22.7 Å². The average molecular weight is 542 g/mol. The van der Waals surface area contributed by atoms with Crippen molar-refractivity contribution in [3.63, 3.8) is 0 Å². The quantitative estimate of drug-likeness (QED) is 0.329. The number of hydrogen-bond acceptors (Lipinski definition) is 6. The van der Waals surface area contributed by atoms with Gasteiger partial charge in [-0.1, -0.05) is 12.6 Å². The Morgan fingerprint density at radius 2 is 1.92 bits per heavy atom. The van der Waals surface area contributed by atoms with Gasteiger partial charge in [-0.3, -0.25) is 4.79 Å². The summed E-state index contributed by atoms with van der Waals surface area (Å²) in [5.41, 5.74) is 0.367. The monoisotopic (exact) mass is 541 g/mol. The number of rotatable bonds is 5. The molecule has 3 aromatic heterocycles. The lowest BCUT2D eigenvalue weighted by atomic mass is 10.0. The van der Waals surface area contributed by atoms with Crippen LogP contribution < -0.4 is 4.74 Å². The van der Waals surface area contributed by atoms with E-state index in [0.717, 1.165) is 15.1 Å². The Morgan fingerprint density at radius 1 is 1.18 bits per heavy atom. The normalized spacial score (nSPS) is 16.2. The molecule has 11 heteroatoms. The Hall–Kier alpha value is -3.86. The molecule has 198 valence electrons. The summed E-state index contributed by atoms with van der Waals surface area (Å²) in [5.74, 6) is 0.165. The molecule has 1 saturated heterocycles. The molecule has 0 saturated carbocycles. The molecule has 0 bridgehead atoms. The maximum Gasteiger partial charge on any atom is 0.433 e. The molecule has 0 unspecified atom stereocenters. The first-order valence-corrected chi connectivity index (χ1v) is 12.9. The molecular weight excluding hydrogens is 515 g/mol. The molecule has 7 nitrogen and oxygen atoms in total. The van der Waals surface area contributed by atoms with Gasteiger partial charge in [0.25, 0.3) is 5.91 Å². The van der Waals surface area contributed by atoms with Crippen LogP contribution >= 0.6 is 11.3 Å². The Morgan fingerprint density at radius 3 is 2.53 bits per heavy atom. The van der Waals surface area contributed by atoms with Crippen LogP contribution in [0.3, 0.4) is 0 Å². The van der Waals surface area contributed by atoms with E-state index in [1.807, 2.05) is 24.4 Å². The van der Waals surface area contributed by atoms with Gasteiger partial charge in [-0.25, -0.2) is 9.50 Å². The van der Waals surface area contributed by atoms with Crippen molar-refractivity contribution >= 4 is 28.6 Å². The predicted molar refractivity (Wildman–Crippen MR) is 140 cm³/mol. The number of alkyl halides is 3. The number of ether oxygens (including phenoxy) is 1. The zero-order valence-electron chi connectivity index (χ0n) is 21.1. The fraction of sp³-hybridized carbons (Fsp3) is 0.296. The molecule has 1 aliphatic heterocycles. The van der Waals surface area contributed by atoms with E-state index >= 15 is 0 Å². The standard InChI is InChI=1S/C27H26F3N5O2S/c1-16-15-33(18(3)22-6-5-13-38-22)11-12-34(16)26(36)21-14-31-35-24(27(28,29)30)17(2)23(32-25(21)35)19-7-9-20(37-4)10-8-19/h5-10,13-14,16H,3,11-12,15H2,1-2,4H3/t16-/m1/s1. The summed E-state index contributed by atoms with van der Waals surface area (Å²) in [6.45, 7) is 8.99. The Labute approximate surface area is 221 Å². The zero-order valence-corrected chi connectivity index (χ0v) is 21.9. The molecule has 1 aliphatic rings. The largest absolute Gasteiger partial charge is 0.497 e. The lowest BCUT2D eigenvalue weighted by Crippen LogP contribution is -2.53. The highest BCUT2D eigenvalue weighted by Gasteiger charge is 2.39. The molecule has 0 N–H and O–H groups in total. The van der Waals surface area contributed by atoms with Gasteiger partial charge in [0.2, 0.25) is 0 Å². The van der Waals surface area contributed by atoms with Gasteiger partial charge in [-0.2, -0.15) is 18.3 Å². The first kappa shape index (κ1) is 25.8. The van der Waals surface area contributed by atoms with Crippen molar-refractivity contribution in [2.45, 2.75) is 26.1 Å². The number of carbonyl (C=O) groups excluding carboxylic acids is 1. The van der Waals surface area contributed by atoms with Crippen LogP contribution in [0.1, 0.15) is 33.4 Å². The van der Waals surface area contributed by atoms with Gasteiger partial charge in [0.15, 0.2) is 11.3 Å². The van der Waals surface area contributed by atoms with Gasteiger partial charge < -0.3 is 14.5 Å². The van der Waals surface area contributed by atoms with Crippen LogP contribution in [0.15, 0.2) is 54.6 Å². The zero-order chi connectivity index (χ0) is 27.2. The molecule has 5 rings (SSSR count). The fourth-order valence-corrected chi connectivity index (χ4v) is 5.57. The highest BCUT2D eigenvalue weighted by Crippen LogP contribution is 2.37. The second kappa shape index (κ2) is 9.79. The third kappa shape index (κ3) is 4.51. The number of fused-ring (bicyclic) bond motifs is 1. The number of carbonyl (C=O) groups is 1. The lowest BCUT2D eigenvalue weighted by molar-refractivity contribution is -0.143. The number of amides is 1. The van der Waals surface area contributed by atoms with Crippen LogP contribution in [-0.2, 0) is 6.18 Å². The van der Waals surface area contributed by atoms with E-state index in [-0.39, 0.29) is 28.5 Å². The van der Waals surface area contributed by atoms with E-state index in [0.29, 0.717) is 30.9 Å².